The molecule has 0 aliphatic heterocycles. The van der Waals surface area contributed by atoms with Gasteiger partial charge in [-0.05, 0) is 6.07 Å². The first-order valence-electron chi connectivity index (χ1n) is 2.56. The Morgan fingerprint density at radius 2 is 1.42 bits per heavy atom. The molecule has 12 heavy (non-hydrogen) atoms. The Hall–Kier alpha value is 1.18. The zero-order valence-electron chi connectivity index (χ0n) is 6.04. The third kappa shape index (κ3) is 2.58. The Morgan fingerprint density at radius 1 is 0.917 bits per heavy atom. The van der Waals surface area contributed by atoms with Gasteiger partial charge in [-0.25, -0.2) is 0 Å². The van der Waals surface area contributed by atoms with E-state index in [0.29, 0.717) is 0 Å². The van der Waals surface area contributed by atoms with Crippen LogP contribution in [0.4, 0.5) is 0 Å². The first kappa shape index (κ1) is 13.2. The molecule has 1 rings (SSSR count). The third-order valence-electron chi connectivity index (χ3n) is 1.09. The molecule has 1 N–H and O–H groups in total. The van der Waals surface area contributed by atoms with Gasteiger partial charge in [-0.15, -0.1) is 0 Å². The number of phenols is 1. The van der Waals surface area contributed by atoms with Crippen LogP contribution in [0.1, 0.15) is 0 Å². The van der Waals surface area contributed by atoms with Crippen LogP contribution in [-0.4, -0.2) is 5.11 Å². The topological polar surface area (TPSA) is 20.2 Å². The number of rotatable bonds is 0. The summed E-state index contributed by atoms with van der Waals surface area (Å²) in [5.41, 5.74) is 0. The molecular weight excluding hydrogens is 253 g/mol. The summed E-state index contributed by atoms with van der Waals surface area (Å²) in [6.07, 6.45) is 0. The summed E-state index contributed by atoms with van der Waals surface area (Å²) in [5, 5.41) is 9.50. The van der Waals surface area contributed by atoms with Crippen molar-refractivity contribution in [3.05, 3.63) is 26.2 Å². The van der Waals surface area contributed by atoms with Gasteiger partial charge in [0.1, 0.15) is 5.02 Å². The molecular formula is C6H2Cl4NaO+. The van der Waals surface area contributed by atoms with E-state index in [1.165, 1.54) is 6.07 Å². The van der Waals surface area contributed by atoms with Gasteiger partial charge in [-0.3, -0.25) is 0 Å². The van der Waals surface area contributed by atoms with E-state index in [2.05, 4.69) is 0 Å². The Balaban J connectivity index is 0.00000121. The van der Waals surface area contributed by atoms with Crippen molar-refractivity contribution in [2.24, 2.45) is 0 Å². The molecule has 0 fully saturated rings. The Labute approximate surface area is 112 Å². The number of phenolic OH excluding ortho intramolecular Hbond substituents is 1. The Kier molecular flexibility index (Phi) is 5.67. The zero-order valence-corrected chi connectivity index (χ0v) is 11.1. The van der Waals surface area contributed by atoms with Crippen molar-refractivity contribution >= 4 is 46.4 Å². The van der Waals surface area contributed by atoms with E-state index < -0.39 is 0 Å². The molecule has 0 saturated heterocycles. The summed E-state index contributed by atoms with van der Waals surface area (Å²) >= 11 is 22.2. The van der Waals surface area contributed by atoms with Crippen LogP contribution in [0.5, 0.6) is 5.75 Å². The van der Waals surface area contributed by atoms with Crippen molar-refractivity contribution in [2.75, 3.05) is 0 Å². The Morgan fingerprint density at radius 3 is 1.92 bits per heavy atom. The Bertz CT molecular complexity index is 276. The summed E-state index contributed by atoms with van der Waals surface area (Å²) in [7, 11) is 0. The fraction of sp³-hybridized carbons (Fsp3) is 0. The minimum Gasteiger partial charge on any atom is -0.505 e. The molecule has 0 bridgehead atoms. The first-order chi connectivity index (χ1) is 5.04. The van der Waals surface area contributed by atoms with E-state index in [-0.39, 0.29) is 55.4 Å². The predicted molar refractivity (Wildman–Crippen MR) is 48.1 cm³/mol. The number of hydrogen-bond acceptors (Lipinski definition) is 1. The van der Waals surface area contributed by atoms with E-state index in [1.54, 1.807) is 0 Å². The standard InChI is InChI=1S/C6H2Cl4O.Na/c7-2-1-3(8)6(11)5(10)4(2)9;/h1,11H;/q;+1. The van der Waals surface area contributed by atoms with Crippen LogP contribution in [0.25, 0.3) is 0 Å². The maximum atomic E-state index is 9.10. The second kappa shape index (κ2) is 5.16. The molecule has 0 aliphatic carbocycles. The van der Waals surface area contributed by atoms with Gasteiger partial charge in [0.2, 0.25) is 0 Å². The van der Waals surface area contributed by atoms with Crippen LogP contribution in [0.15, 0.2) is 6.07 Å². The molecule has 0 saturated carbocycles. The third-order valence-corrected chi connectivity index (χ3v) is 2.63. The number of halogens is 4. The summed E-state index contributed by atoms with van der Waals surface area (Å²) in [6.45, 7) is 0. The van der Waals surface area contributed by atoms with E-state index in [0.717, 1.165) is 0 Å². The molecule has 0 spiro atoms. The minimum atomic E-state index is -0.247. The van der Waals surface area contributed by atoms with Gasteiger partial charge in [0.25, 0.3) is 0 Å². The van der Waals surface area contributed by atoms with Crippen LogP contribution in [0.2, 0.25) is 20.1 Å². The molecule has 0 atom stereocenters. The molecule has 0 aliphatic rings. The van der Waals surface area contributed by atoms with Crippen molar-refractivity contribution in [2.45, 2.75) is 0 Å². The molecule has 1 aromatic carbocycles. The maximum Gasteiger partial charge on any atom is 1.00 e. The molecule has 0 aromatic heterocycles. The summed E-state index contributed by atoms with van der Waals surface area (Å²) in [5.74, 6) is -0.247. The molecule has 0 heterocycles. The largest absolute Gasteiger partial charge is 1.00 e. The molecule has 0 unspecified atom stereocenters. The van der Waals surface area contributed by atoms with Gasteiger partial charge in [0.05, 0.1) is 15.1 Å². The van der Waals surface area contributed by atoms with Crippen LogP contribution < -0.4 is 29.6 Å². The fourth-order valence-corrected chi connectivity index (χ4v) is 1.46. The quantitative estimate of drug-likeness (QED) is 0.416. The van der Waals surface area contributed by atoms with Crippen LogP contribution >= 0.6 is 46.4 Å². The smallest absolute Gasteiger partial charge is 0.505 e. The fourth-order valence-electron chi connectivity index (χ4n) is 0.557. The van der Waals surface area contributed by atoms with Crippen molar-refractivity contribution in [1.29, 1.82) is 0 Å². The summed E-state index contributed by atoms with van der Waals surface area (Å²) < 4.78 is 0. The average Bonchev–Trinajstić information content (AvgIpc) is 1.97. The monoisotopic (exact) mass is 253 g/mol. The number of aromatic hydroxyl groups is 1. The van der Waals surface area contributed by atoms with E-state index in [4.69, 9.17) is 51.5 Å². The predicted octanol–water partition coefficient (Wildman–Crippen LogP) is 1.01. The van der Waals surface area contributed by atoms with Crippen molar-refractivity contribution < 1.29 is 34.7 Å². The first-order valence-corrected chi connectivity index (χ1v) is 4.07. The van der Waals surface area contributed by atoms with Gasteiger partial charge < -0.3 is 5.11 Å². The summed E-state index contributed by atoms with van der Waals surface area (Å²) in [4.78, 5) is 0. The van der Waals surface area contributed by atoms with Gasteiger partial charge in [-0.2, -0.15) is 0 Å². The molecule has 0 amide bonds. The second-order valence-electron chi connectivity index (χ2n) is 1.82. The molecule has 1 aromatic rings. The number of hydrogen-bond donors (Lipinski definition) is 1. The molecule has 6 heteroatoms. The van der Waals surface area contributed by atoms with Crippen LogP contribution in [0.3, 0.4) is 0 Å². The maximum absolute atomic E-state index is 9.10. The van der Waals surface area contributed by atoms with Crippen LogP contribution in [0, 0.1) is 0 Å². The average molecular weight is 255 g/mol. The van der Waals surface area contributed by atoms with E-state index in [1.807, 2.05) is 0 Å². The zero-order chi connectivity index (χ0) is 8.59. The van der Waals surface area contributed by atoms with E-state index >= 15 is 0 Å². The van der Waals surface area contributed by atoms with Crippen LogP contribution in [-0.2, 0) is 0 Å². The second-order valence-corrected chi connectivity index (χ2v) is 3.39. The van der Waals surface area contributed by atoms with Gasteiger partial charge in [-0.1, -0.05) is 46.4 Å². The van der Waals surface area contributed by atoms with Gasteiger partial charge in [0.15, 0.2) is 5.75 Å². The summed E-state index contributed by atoms with van der Waals surface area (Å²) in [6, 6.07) is 1.33. The SMILES string of the molecule is Oc1c(Cl)cc(Cl)c(Cl)c1Cl.[Na+]. The number of benzene rings is 1. The molecule has 60 valence electrons. The molecule has 1 nitrogen and oxygen atoms in total. The molecule has 0 radical (unpaired) electrons. The van der Waals surface area contributed by atoms with Crippen molar-refractivity contribution in [1.82, 2.24) is 0 Å². The van der Waals surface area contributed by atoms with E-state index in [9.17, 15) is 0 Å². The van der Waals surface area contributed by atoms with Gasteiger partial charge in [0, 0.05) is 0 Å². The van der Waals surface area contributed by atoms with Crippen molar-refractivity contribution in [3.8, 4) is 5.75 Å². The van der Waals surface area contributed by atoms with Gasteiger partial charge >= 0.3 is 29.6 Å². The normalized spacial score (nSPS) is 9.33. The van der Waals surface area contributed by atoms with Crippen molar-refractivity contribution in [3.63, 3.8) is 0 Å². The minimum absolute atomic E-state index is 0.